The van der Waals surface area contributed by atoms with Gasteiger partial charge < -0.3 is 0 Å². The molecule has 0 heterocycles. The highest BCUT2D eigenvalue weighted by atomic mass is 14.5. The average Bonchev–Trinajstić information content (AvgIpc) is 1.67. The lowest BCUT2D eigenvalue weighted by Crippen LogP contribution is -2.11. The monoisotopic (exact) mass is 875 g/mol. The van der Waals surface area contributed by atoms with Crippen LogP contribution in [0.15, 0.2) is 54.6 Å². The van der Waals surface area contributed by atoms with Crippen LogP contribution in [0.2, 0.25) is 0 Å². The molecular formula is C61H106. The second-order valence-corrected chi connectivity index (χ2v) is 17.4. The van der Waals surface area contributed by atoms with Gasteiger partial charge in [0.05, 0.1) is 0 Å². The summed E-state index contributed by atoms with van der Waals surface area (Å²) in [4.78, 5) is 0. The summed E-state index contributed by atoms with van der Waals surface area (Å²) in [5.41, 5.74) is 4.91. The van der Waals surface area contributed by atoms with Crippen LogP contribution in [-0.2, 0) is 0 Å². The van der Waals surface area contributed by atoms with Crippen molar-refractivity contribution in [3.63, 3.8) is 0 Å². The second kappa shape index (κ2) is 32.2. The van der Waals surface area contributed by atoms with Gasteiger partial charge >= 0.3 is 0 Å². The number of benzene rings is 2. The van der Waals surface area contributed by atoms with Crippen LogP contribution >= 0.6 is 0 Å². The van der Waals surface area contributed by atoms with Crippen molar-refractivity contribution in [3.8, 4) is 0 Å². The van der Waals surface area contributed by atoms with Crippen molar-refractivity contribution in [2.24, 2.45) is 52.8 Å². The molecule has 0 saturated heterocycles. The van der Waals surface area contributed by atoms with Gasteiger partial charge in [0.25, 0.3) is 0 Å². The highest BCUT2D eigenvalue weighted by molar-refractivity contribution is 5.23. The van der Waals surface area contributed by atoms with E-state index in [1.54, 1.807) is 57.8 Å². The predicted molar refractivity (Wildman–Crippen MR) is 275 cm³/mol. The van der Waals surface area contributed by atoms with Gasteiger partial charge in [0.2, 0.25) is 0 Å². The summed E-state index contributed by atoms with van der Waals surface area (Å²) in [6, 6.07) is 18.6. The summed E-state index contributed by atoms with van der Waals surface area (Å²) in [5.74, 6) is -1.17. The van der Waals surface area contributed by atoms with Crippen LogP contribution in [0.5, 0.6) is 0 Å². The normalized spacial score (nSPS) is 51.3. The Morgan fingerprint density at radius 1 is 0.492 bits per heavy atom. The van der Waals surface area contributed by atoms with Crippen LogP contribution in [0.1, 0.15) is 306 Å². The highest BCUT2D eigenvalue weighted by Crippen LogP contribution is 2.55. The number of rotatable bonds is 4. The third-order valence-electron chi connectivity index (χ3n) is 12.7. The lowest BCUT2D eigenvalue weighted by Gasteiger charge is -2.23. The van der Waals surface area contributed by atoms with Gasteiger partial charge in [0.15, 0.2) is 0 Å². The van der Waals surface area contributed by atoms with Crippen LogP contribution in [0, 0.1) is 73.5 Å². The Balaban J connectivity index is 0.000000294. The molecule has 61 heavy (non-hydrogen) atoms. The minimum Gasteiger partial charge on any atom is -0.0651 e. The molecule has 0 radical (unpaired) electrons. The van der Waals surface area contributed by atoms with Gasteiger partial charge in [-0.2, -0.15) is 0 Å². The lowest BCUT2D eigenvalue weighted by molar-refractivity contribution is 0.283. The zero-order valence-electron chi connectivity index (χ0n) is 75.0. The first kappa shape index (κ1) is 21.4. The Morgan fingerprint density at radius 2 is 0.934 bits per heavy atom. The second-order valence-electron chi connectivity index (χ2n) is 17.4. The zero-order valence-corrected chi connectivity index (χ0v) is 39.0. The molecule has 8 aliphatic carbocycles. The van der Waals surface area contributed by atoms with E-state index in [0.717, 1.165) is 36.0 Å². The van der Waals surface area contributed by atoms with Crippen molar-refractivity contribution in [1.29, 1.82) is 0 Å². The van der Waals surface area contributed by atoms with E-state index in [0.29, 0.717) is 0 Å². The number of hydrogen-bond donors (Lipinski definition) is 0. The van der Waals surface area contributed by atoms with Gasteiger partial charge in [0, 0.05) is 49.3 Å². The average molecular weight is 876 g/mol. The standard InChI is InChI=1S/2C9H16.C8H10.C8H16.C7H14.C7H8.C7H14.C6H12/c1-2-9-5-3-8(7-9)4-6-9;1-2-8-5-7-3-4-9(8)6-7;1-7-5-3-4-6-8(7)2;1-2-8-6-4-3-5-7-8;2*1-7-5-3-2-4-6-7;1-2-7-5-3-4-6-7;1-6-4-2-3-5-6/h8H,2-7H2,1H3;7-9H,2-6H2,1H3;3-6H,1-2H3;8H,2-7H2,1H3;7H,2-6H2,1H3;2-6H,1H3;7H,2-6H2,1H3;6H,2-5H2,1H3/i;;;3D2,4D2,5D2,6D2,7D2;2D2,3D2,4D2,5D2,6D2;;3D2,4D2,5D2,6D2;2D2,3D2,4D2,5D2. The van der Waals surface area contributed by atoms with E-state index >= 15 is 0 Å². The fourth-order valence-electron chi connectivity index (χ4n) is 8.57. The lowest BCUT2D eigenvalue weighted by atomic mass is 9.82. The molecule has 8 saturated carbocycles. The molecule has 0 spiro atoms. The molecule has 2 aromatic rings. The molecule has 3 unspecified atom stereocenters. The number of hydrogen-bond acceptors (Lipinski definition) is 0. The van der Waals surface area contributed by atoms with E-state index in [4.69, 9.17) is 49.3 Å². The Hall–Kier alpha value is -1.56. The third kappa shape index (κ3) is 22.8. The van der Waals surface area contributed by atoms with Crippen molar-refractivity contribution >= 4 is 0 Å². The van der Waals surface area contributed by atoms with Crippen LogP contribution in [0.3, 0.4) is 0 Å². The van der Waals surface area contributed by atoms with E-state index in [1.165, 1.54) is 50.3 Å². The van der Waals surface area contributed by atoms with Crippen LogP contribution < -0.4 is 0 Å². The topological polar surface area (TPSA) is 0 Å². The molecule has 8 fully saturated rings. The van der Waals surface area contributed by atoms with E-state index in [-0.39, 0.29) is 12.8 Å². The fourth-order valence-corrected chi connectivity index (χ4v) is 8.57. The summed E-state index contributed by atoms with van der Waals surface area (Å²) in [7, 11) is 0. The fraction of sp³-hybridized carbons (Fsp3) is 0.803. The zero-order chi connectivity index (χ0) is 76.4. The van der Waals surface area contributed by atoms with Crippen molar-refractivity contribution < 1.29 is 49.3 Å². The molecular weight excluding hydrogens is 733 g/mol. The molecule has 0 nitrogen and oxygen atoms in total. The van der Waals surface area contributed by atoms with Crippen LogP contribution in [0.25, 0.3) is 0 Å². The molecule has 350 valence electrons. The minimum absolute atomic E-state index is 0.0685. The first-order valence-electron chi connectivity index (χ1n) is 41.2. The third-order valence-corrected chi connectivity index (χ3v) is 12.7. The number of aryl methyl sites for hydroxylation is 3. The van der Waals surface area contributed by atoms with Gasteiger partial charge in [-0.05, 0) is 136 Å². The first-order chi connectivity index (χ1) is 43.1. The van der Waals surface area contributed by atoms with Crippen molar-refractivity contribution in [2.75, 3.05) is 0 Å². The number of fused-ring (bicyclic) bond motifs is 4. The molecule has 0 N–H and O–H groups in total. The maximum absolute atomic E-state index is 7.72. The van der Waals surface area contributed by atoms with E-state index < -0.39 is 138 Å². The summed E-state index contributed by atoms with van der Waals surface area (Å²) < 4.78 is 271. The highest BCUT2D eigenvalue weighted by Gasteiger charge is 2.43. The quantitative estimate of drug-likeness (QED) is 0.287. The Labute approximate surface area is 434 Å². The SMILES string of the molecule is CCC12CCC(CC1)C2.CCC1CC2CCC1C2.Cc1ccccc1.Cc1ccccc1C.[2H]C1([2H])C(C)C([2H])([2H])C([2H])([2H])C([2H])([2H])C1([2H])[2H].[2H]C1([2H])C(C)C([2H])([2H])C([2H])([2H])C1([2H])[2H].[2H]C1([2H])C(CC)C([2H])([2H])C([2H])([2H])C([2H])([2H])C1([2H])[2H].[2H]C1([2H])C(CC)C([2H])([2H])C([2H])([2H])C1([2H])[2H]. The minimum atomic E-state index is -3.27. The largest absolute Gasteiger partial charge is 0.0651 e. The molecule has 0 aromatic heterocycles. The Morgan fingerprint density at radius 3 is 1.21 bits per heavy atom. The summed E-state index contributed by atoms with van der Waals surface area (Å²) in [5, 5.41) is 0. The maximum atomic E-state index is 7.72. The molecule has 8 aliphatic rings. The maximum Gasteiger partial charge on any atom is 0.0269 e. The summed E-state index contributed by atoms with van der Waals surface area (Å²) in [6.45, 7) is 16.3. The van der Waals surface area contributed by atoms with E-state index in [2.05, 4.69) is 71.0 Å². The van der Waals surface area contributed by atoms with Crippen molar-refractivity contribution in [2.45, 2.75) is 260 Å². The molecule has 10 rings (SSSR count). The Kier molecular flexibility index (Phi) is 11.3. The van der Waals surface area contributed by atoms with E-state index in [1.807, 2.05) is 18.2 Å². The van der Waals surface area contributed by atoms with Crippen molar-refractivity contribution in [1.82, 2.24) is 0 Å². The van der Waals surface area contributed by atoms with Crippen molar-refractivity contribution in [3.05, 3.63) is 71.3 Å². The van der Waals surface area contributed by atoms with Gasteiger partial charge in [-0.3, -0.25) is 0 Å². The molecule has 0 heteroatoms. The van der Waals surface area contributed by atoms with Gasteiger partial charge in [-0.15, -0.1) is 0 Å². The summed E-state index contributed by atoms with van der Waals surface area (Å²) in [6.07, 6.45) is -34.5. The summed E-state index contributed by atoms with van der Waals surface area (Å²) >= 11 is 0. The predicted octanol–water partition coefficient (Wildman–Crippen LogP) is 20.5. The van der Waals surface area contributed by atoms with Gasteiger partial charge in [-0.1, -0.05) is 249 Å². The van der Waals surface area contributed by atoms with E-state index in [9.17, 15) is 0 Å². The van der Waals surface area contributed by atoms with Gasteiger partial charge in [0.1, 0.15) is 0 Å². The van der Waals surface area contributed by atoms with Crippen LogP contribution in [-0.4, -0.2) is 0 Å². The molecule has 3 atom stereocenters. The van der Waals surface area contributed by atoms with Gasteiger partial charge in [-0.25, -0.2) is 0 Å². The first-order valence-corrected chi connectivity index (χ1v) is 23.2. The molecule has 2 aromatic carbocycles. The van der Waals surface area contributed by atoms with Crippen LogP contribution in [0.4, 0.5) is 0 Å². The molecule has 4 bridgehead atoms. The molecule has 0 amide bonds. The Bertz CT molecular complexity index is 2740. The smallest absolute Gasteiger partial charge is 0.0269 e. The molecule has 0 aliphatic heterocycles.